The summed E-state index contributed by atoms with van der Waals surface area (Å²) < 4.78 is 0. The third-order valence-electron chi connectivity index (χ3n) is 2.55. The normalized spacial score (nSPS) is 9.50. The quantitative estimate of drug-likeness (QED) is 0.841. The number of amides is 1. The molecule has 20 heavy (non-hydrogen) atoms. The number of hydrogen-bond acceptors (Lipinski definition) is 1. The van der Waals surface area contributed by atoms with Gasteiger partial charge >= 0.3 is 0 Å². The minimum Gasteiger partial charge on any atom is -0.341 e. The van der Waals surface area contributed by atoms with Crippen molar-refractivity contribution in [2.24, 2.45) is 0 Å². The average Bonchev–Trinajstić information content (AvgIpc) is 2.45. The number of carbonyl (C=O) groups excluding carboxylic acids is 1. The molecule has 0 radical (unpaired) electrons. The number of hydrogen-bond donors (Lipinski definition) is 1. The molecule has 0 bridgehead atoms. The van der Waals surface area contributed by atoms with Gasteiger partial charge in [0.05, 0.1) is 22.2 Å². The molecule has 0 aromatic heterocycles. The molecular formula is C16H11Cl2NO. The Bertz CT molecular complexity index is 686. The molecule has 0 saturated heterocycles. The van der Waals surface area contributed by atoms with Crippen LogP contribution in [0.15, 0.2) is 48.5 Å². The highest BCUT2D eigenvalue weighted by atomic mass is 35.5. The molecule has 0 saturated carbocycles. The van der Waals surface area contributed by atoms with Gasteiger partial charge in [0, 0.05) is 5.56 Å². The van der Waals surface area contributed by atoms with E-state index in [1.807, 2.05) is 18.2 Å². The Morgan fingerprint density at radius 3 is 2.35 bits per heavy atom. The van der Waals surface area contributed by atoms with Crippen LogP contribution in [0.25, 0.3) is 0 Å². The third-order valence-corrected chi connectivity index (χ3v) is 3.21. The van der Waals surface area contributed by atoms with Crippen LogP contribution in [0.5, 0.6) is 0 Å². The van der Waals surface area contributed by atoms with E-state index in [-0.39, 0.29) is 12.5 Å². The van der Waals surface area contributed by atoms with Crippen LogP contribution in [0.1, 0.15) is 15.9 Å². The van der Waals surface area contributed by atoms with Gasteiger partial charge in [0.25, 0.3) is 5.91 Å². The van der Waals surface area contributed by atoms with E-state index in [9.17, 15) is 4.79 Å². The van der Waals surface area contributed by atoms with Crippen molar-refractivity contribution in [3.8, 4) is 11.8 Å². The van der Waals surface area contributed by atoms with E-state index in [0.29, 0.717) is 15.6 Å². The van der Waals surface area contributed by atoms with Gasteiger partial charge < -0.3 is 5.32 Å². The molecule has 0 fully saturated rings. The SMILES string of the molecule is O=C(NCC#Cc1ccccc1Cl)c1ccccc1Cl. The molecule has 1 amide bonds. The van der Waals surface area contributed by atoms with Crippen molar-refractivity contribution >= 4 is 29.1 Å². The largest absolute Gasteiger partial charge is 0.341 e. The highest BCUT2D eigenvalue weighted by Gasteiger charge is 2.07. The second-order valence-corrected chi connectivity index (χ2v) is 4.76. The molecule has 100 valence electrons. The minimum atomic E-state index is -0.246. The van der Waals surface area contributed by atoms with Crippen LogP contribution in [0.4, 0.5) is 0 Å². The number of halogens is 2. The summed E-state index contributed by atoms with van der Waals surface area (Å²) in [6.07, 6.45) is 0. The molecule has 0 aliphatic rings. The first-order valence-electron chi connectivity index (χ1n) is 5.94. The Hall–Kier alpha value is -1.95. The first kappa shape index (κ1) is 14.5. The Kier molecular flexibility index (Phi) is 5.06. The summed E-state index contributed by atoms with van der Waals surface area (Å²) >= 11 is 11.9. The lowest BCUT2D eigenvalue weighted by Gasteiger charge is -2.02. The third kappa shape index (κ3) is 3.77. The van der Waals surface area contributed by atoms with Crippen LogP contribution in [0.2, 0.25) is 10.0 Å². The molecular weight excluding hydrogens is 293 g/mol. The minimum absolute atomic E-state index is 0.231. The van der Waals surface area contributed by atoms with Crippen LogP contribution in [-0.2, 0) is 0 Å². The zero-order chi connectivity index (χ0) is 14.4. The van der Waals surface area contributed by atoms with Gasteiger partial charge in [-0.1, -0.05) is 59.3 Å². The molecule has 2 rings (SSSR count). The lowest BCUT2D eigenvalue weighted by molar-refractivity contribution is 0.0959. The van der Waals surface area contributed by atoms with Gasteiger partial charge in [0.2, 0.25) is 0 Å². The molecule has 0 heterocycles. The summed E-state index contributed by atoms with van der Waals surface area (Å²) in [5.41, 5.74) is 1.18. The van der Waals surface area contributed by atoms with Gasteiger partial charge in [0.15, 0.2) is 0 Å². The fraction of sp³-hybridized carbons (Fsp3) is 0.0625. The second kappa shape index (κ2) is 7.00. The average molecular weight is 304 g/mol. The lowest BCUT2D eigenvalue weighted by Crippen LogP contribution is -2.23. The summed E-state index contributed by atoms with van der Waals surface area (Å²) in [7, 11) is 0. The van der Waals surface area contributed by atoms with E-state index in [0.717, 1.165) is 5.56 Å². The predicted molar refractivity (Wildman–Crippen MR) is 82.1 cm³/mol. The summed E-state index contributed by atoms with van der Waals surface area (Å²) in [6.45, 7) is 0.231. The molecule has 0 unspecified atom stereocenters. The van der Waals surface area contributed by atoms with Crippen molar-refractivity contribution in [1.29, 1.82) is 0 Å². The van der Waals surface area contributed by atoms with Crippen molar-refractivity contribution in [2.45, 2.75) is 0 Å². The Morgan fingerprint density at radius 2 is 1.65 bits per heavy atom. The Balaban J connectivity index is 1.96. The van der Waals surface area contributed by atoms with Crippen molar-refractivity contribution in [2.75, 3.05) is 6.54 Å². The zero-order valence-corrected chi connectivity index (χ0v) is 12.0. The molecule has 0 aliphatic carbocycles. The van der Waals surface area contributed by atoms with Crippen LogP contribution < -0.4 is 5.32 Å². The van der Waals surface area contributed by atoms with E-state index in [2.05, 4.69) is 17.2 Å². The van der Waals surface area contributed by atoms with Gasteiger partial charge in [-0.25, -0.2) is 0 Å². The van der Waals surface area contributed by atoms with Gasteiger partial charge in [-0.05, 0) is 24.3 Å². The molecule has 2 nitrogen and oxygen atoms in total. The van der Waals surface area contributed by atoms with Gasteiger partial charge in [-0.2, -0.15) is 0 Å². The van der Waals surface area contributed by atoms with Crippen LogP contribution >= 0.6 is 23.2 Å². The highest BCUT2D eigenvalue weighted by Crippen LogP contribution is 2.14. The van der Waals surface area contributed by atoms with Crippen LogP contribution in [-0.4, -0.2) is 12.5 Å². The van der Waals surface area contributed by atoms with Crippen LogP contribution in [0.3, 0.4) is 0 Å². The maximum absolute atomic E-state index is 11.9. The molecule has 1 N–H and O–H groups in total. The summed E-state index contributed by atoms with van der Waals surface area (Å²) in [5, 5.41) is 3.70. The summed E-state index contributed by atoms with van der Waals surface area (Å²) in [5.74, 6) is 5.51. The van der Waals surface area contributed by atoms with E-state index in [1.165, 1.54) is 0 Å². The molecule has 0 spiro atoms. The maximum atomic E-state index is 11.9. The number of benzene rings is 2. The standard InChI is InChI=1S/C16H11Cl2NO/c17-14-9-3-1-6-12(14)7-5-11-19-16(20)13-8-2-4-10-15(13)18/h1-4,6,8-10H,11H2,(H,19,20). The second-order valence-electron chi connectivity index (χ2n) is 3.94. The molecule has 0 atom stereocenters. The number of rotatable bonds is 2. The summed E-state index contributed by atoms with van der Waals surface area (Å²) in [6, 6.07) is 14.2. The fourth-order valence-corrected chi connectivity index (χ4v) is 1.97. The fourth-order valence-electron chi connectivity index (χ4n) is 1.57. The molecule has 4 heteroatoms. The monoisotopic (exact) mass is 303 g/mol. The molecule has 2 aromatic rings. The van der Waals surface area contributed by atoms with E-state index in [1.54, 1.807) is 30.3 Å². The maximum Gasteiger partial charge on any atom is 0.253 e. The van der Waals surface area contributed by atoms with Crippen molar-refractivity contribution in [1.82, 2.24) is 5.32 Å². The van der Waals surface area contributed by atoms with Crippen molar-refractivity contribution in [3.63, 3.8) is 0 Å². The van der Waals surface area contributed by atoms with E-state index in [4.69, 9.17) is 23.2 Å². The van der Waals surface area contributed by atoms with Crippen molar-refractivity contribution < 1.29 is 4.79 Å². The zero-order valence-electron chi connectivity index (χ0n) is 10.5. The molecule has 0 aliphatic heterocycles. The first-order valence-corrected chi connectivity index (χ1v) is 6.70. The predicted octanol–water partition coefficient (Wildman–Crippen LogP) is 3.77. The highest BCUT2D eigenvalue weighted by molar-refractivity contribution is 6.33. The topological polar surface area (TPSA) is 29.1 Å². The van der Waals surface area contributed by atoms with Gasteiger partial charge in [-0.3, -0.25) is 4.79 Å². The Morgan fingerprint density at radius 1 is 1.00 bits per heavy atom. The van der Waals surface area contributed by atoms with E-state index < -0.39 is 0 Å². The Labute approximate surface area is 127 Å². The van der Waals surface area contributed by atoms with Crippen molar-refractivity contribution in [3.05, 3.63) is 69.7 Å². The lowest BCUT2D eigenvalue weighted by atomic mass is 10.2. The van der Waals surface area contributed by atoms with Gasteiger partial charge in [0.1, 0.15) is 0 Å². The van der Waals surface area contributed by atoms with Gasteiger partial charge in [-0.15, -0.1) is 0 Å². The number of nitrogens with one attached hydrogen (secondary N) is 1. The van der Waals surface area contributed by atoms with E-state index >= 15 is 0 Å². The smallest absolute Gasteiger partial charge is 0.253 e. The van der Waals surface area contributed by atoms with Crippen LogP contribution in [0, 0.1) is 11.8 Å². The number of carbonyl (C=O) groups is 1. The molecule has 2 aromatic carbocycles. The first-order chi connectivity index (χ1) is 9.68. The summed E-state index contributed by atoms with van der Waals surface area (Å²) in [4.78, 5) is 11.9.